The number of amides is 2. The molecular formula is C22H21F3N2O2. The normalized spacial score (nSPS) is 19.9. The van der Waals surface area contributed by atoms with Crippen LogP contribution in [0.1, 0.15) is 59.6 Å². The second-order valence-electron chi connectivity index (χ2n) is 7.56. The Morgan fingerprint density at radius 2 is 1.72 bits per heavy atom. The van der Waals surface area contributed by atoms with Crippen molar-refractivity contribution in [2.24, 2.45) is 0 Å². The van der Waals surface area contributed by atoms with Crippen LogP contribution in [0.5, 0.6) is 0 Å². The summed E-state index contributed by atoms with van der Waals surface area (Å²) in [6.07, 6.45) is 0.402. The third-order valence-corrected chi connectivity index (χ3v) is 5.61. The molecule has 4 nitrogen and oxygen atoms in total. The Balaban J connectivity index is 1.71. The summed E-state index contributed by atoms with van der Waals surface area (Å²) < 4.78 is 39.6. The van der Waals surface area contributed by atoms with Crippen molar-refractivity contribution in [2.75, 3.05) is 4.90 Å². The third kappa shape index (κ3) is 3.73. The van der Waals surface area contributed by atoms with Gasteiger partial charge in [-0.15, -0.1) is 0 Å². The Morgan fingerprint density at radius 3 is 2.45 bits per heavy atom. The van der Waals surface area contributed by atoms with Gasteiger partial charge < -0.3 is 5.32 Å². The molecule has 1 N–H and O–H groups in total. The number of alkyl halides is 3. The lowest BCUT2D eigenvalue weighted by molar-refractivity contribution is -0.137. The number of nitrogens with one attached hydrogen (secondary N) is 1. The number of hydrogen-bond donors (Lipinski definition) is 1. The van der Waals surface area contributed by atoms with Crippen LogP contribution < -0.4 is 10.2 Å². The van der Waals surface area contributed by atoms with E-state index in [1.807, 2.05) is 0 Å². The lowest BCUT2D eigenvalue weighted by Gasteiger charge is -2.29. The van der Waals surface area contributed by atoms with E-state index in [1.54, 1.807) is 24.3 Å². The van der Waals surface area contributed by atoms with Crippen molar-refractivity contribution in [1.82, 2.24) is 5.32 Å². The highest BCUT2D eigenvalue weighted by Crippen LogP contribution is 2.40. The van der Waals surface area contributed by atoms with Crippen LogP contribution in [0, 0.1) is 0 Å². The largest absolute Gasteiger partial charge is 0.416 e. The molecule has 1 saturated carbocycles. The molecule has 2 amide bonds. The molecule has 0 saturated heterocycles. The van der Waals surface area contributed by atoms with Crippen LogP contribution in [0.25, 0.3) is 0 Å². The molecule has 152 valence electrons. The van der Waals surface area contributed by atoms with Crippen molar-refractivity contribution in [3.05, 3.63) is 65.2 Å². The Hall–Kier alpha value is -2.83. The Bertz CT molecular complexity index is 936. The fraction of sp³-hybridized carbons (Fsp3) is 0.364. The van der Waals surface area contributed by atoms with E-state index in [4.69, 9.17) is 0 Å². The molecule has 7 heteroatoms. The summed E-state index contributed by atoms with van der Waals surface area (Å²) in [5.74, 6) is -0.823. The standard InChI is InChI=1S/C22H21F3N2O2/c23-22(24,25)14-7-6-10-16(13-14)27-19(17-11-4-5-12-18(17)21(27)29)20(28)26-15-8-2-1-3-9-15/h4-7,10-13,15,19H,1-3,8-9H2,(H,26,28)/t19-/m0/s1. The number of carbonyl (C=O) groups is 2. The van der Waals surface area contributed by atoms with E-state index in [2.05, 4.69) is 5.32 Å². The van der Waals surface area contributed by atoms with Crippen molar-refractivity contribution in [3.8, 4) is 0 Å². The summed E-state index contributed by atoms with van der Waals surface area (Å²) in [7, 11) is 0. The molecule has 0 unspecified atom stereocenters. The summed E-state index contributed by atoms with van der Waals surface area (Å²) in [5.41, 5.74) is 0.0620. The molecule has 2 aromatic rings. The lowest BCUT2D eigenvalue weighted by Crippen LogP contribution is -2.44. The van der Waals surface area contributed by atoms with Crippen LogP contribution in [0.15, 0.2) is 48.5 Å². The highest BCUT2D eigenvalue weighted by molar-refractivity contribution is 6.15. The van der Waals surface area contributed by atoms with Crippen LogP contribution in [0.4, 0.5) is 18.9 Å². The number of halogens is 3. The zero-order valence-electron chi connectivity index (χ0n) is 15.7. The third-order valence-electron chi connectivity index (χ3n) is 5.61. The first-order chi connectivity index (χ1) is 13.9. The van der Waals surface area contributed by atoms with Crippen LogP contribution in [0.3, 0.4) is 0 Å². The Kier molecular flexibility index (Phi) is 5.06. The van der Waals surface area contributed by atoms with Gasteiger partial charge in [0.25, 0.3) is 5.91 Å². The molecule has 0 bridgehead atoms. The number of benzene rings is 2. The molecule has 0 radical (unpaired) electrons. The number of anilines is 1. The number of carbonyl (C=O) groups excluding carboxylic acids is 2. The minimum absolute atomic E-state index is 0.0301. The van der Waals surface area contributed by atoms with Crippen molar-refractivity contribution in [3.63, 3.8) is 0 Å². The SMILES string of the molecule is O=C(NC1CCCCC1)[C@@H]1c2ccccc2C(=O)N1c1cccc(C(F)(F)F)c1. The fourth-order valence-electron chi connectivity index (χ4n) is 4.20. The summed E-state index contributed by atoms with van der Waals surface area (Å²) in [6.45, 7) is 0. The molecule has 4 rings (SSSR count). The van der Waals surface area contributed by atoms with E-state index in [0.717, 1.165) is 44.2 Å². The minimum Gasteiger partial charge on any atom is -0.351 e. The maximum absolute atomic E-state index is 13.2. The molecule has 1 aliphatic heterocycles. The van der Waals surface area contributed by atoms with Gasteiger partial charge in [-0.2, -0.15) is 13.2 Å². The van der Waals surface area contributed by atoms with Crippen LogP contribution >= 0.6 is 0 Å². The van der Waals surface area contributed by atoms with Gasteiger partial charge in [-0.1, -0.05) is 43.5 Å². The quantitative estimate of drug-likeness (QED) is 0.798. The zero-order chi connectivity index (χ0) is 20.6. The molecular weight excluding hydrogens is 381 g/mol. The van der Waals surface area contributed by atoms with E-state index >= 15 is 0 Å². The zero-order valence-corrected chi connectivity index (χ0v) is 15.7. The van der Waals surface area contributed by atoms with Crippen LogP contribution in [-0.2, 0) is 11.0 Å². The molecule has 1 atom stereocenters. The predicted molar refractivity (Wildman–Crippen MR) is 102 cm³/mol. The average molecular weight is 402 g/mol. The monoisotopic (exact) mass is 402 g/mol. The number of fused-ring (bicyclic) bond motifs is 1. The van der Waals surface area contributed by atoms with E-state index in [1.165, 1.54) is 17.0 Å². The van der Waals surface area contributed by atoms with Crippen LogP contribution in [-0.4, -0.2) is 17.9 Å². The van der Waals surface area contributed by atoms with Gasteiger partial charge in [0.1, 0.15) is 6.04 Å². The highest BCUT2D eigenvalue weighted by atomic mass is 19.4. The maximum Gasteiger partial charge on any atom is 0.416 e. The smallest absolute Gasteiger partial charge is 0.351 e. The molecule has 1 aliphatic carbocycles. The molecule has 2 aromatic carbocycles. The topological polar surface area (TPSA) is 49.4 Å². The molecule has 1 fully saturated rings. The molecule has 1 heterocycles. The summed E-state index contributed by atoms with van der Waals surface area (Å²) in [5, 5.41) is 3.01. The molecule has 0 spiro atoms. The first-order valence-electron chi connectivity index (χ1n) is 9.76. The average Bonchev–Trinajstić information content (AvgIpc) is 3.01. The van der Waals surface area contributed by atoms with Gasteiger partial charge in [-0.25, -0.2) is 0 Å². The fourth-order valence-corrected chi connectivity index (χ4v) is 4.20. The molecule has 0 aromatic heterocycles. The van der Waals surface area contributed by atoms with E-state index < -0.39 is 23.7 Å². The van der Waals surface area contributed by atoms with Crippen molar-refractivity contribution in [2.45, 2.75) is 50.4 Å². The number of nitrogens with zero attached hydrogens (tertiary/aromatic N) is 1. The van der Waals surface area contributed by atoms with Gasteiger partial charge in [0.2, 0.25) is 5.91 Å². The summed E-state index contributed by atoms with van der Waals surface area (Å²) >= 11 is 0. The van der Waals surface area contributed by atoms with Crippen molar-refractivity contribution in [1.29, 1.82) is 0 Å². The van der Waals surface area contributed by atoms with Gasteiger partial charge in [0, 0.05) is 17.3 Å². The summed E-state index contributed by atoms with van der Waals surface area (Å²) in [4.78, 5) is 27.4. The second-order valence-corrected chi connectivity index (χ2v) is 7.56. The van der Waals surface area contributed by atoms with Gasteiger partial charge in [0.15, 0.2) is 0 Å². The van der Waals surface area contributed by atoms with Crippen molar-refractivity contribution < 1.29 is 22.8 Å². The van der Waals surface area contributed by atoms with Crippen LogP contribution in [0.2, 0.25) is 0 Å². The number of hydrogen-bond acceptors (Lipinski definition) is 2. The van der Waals surface area contributed by atoms with Gasteiger partial charge in [0.05, 0.1) is 5.56 Å². The lowest BCUT2D eigenvalue weighted by atomic mass is 9.95. The van der Waals surface area contributed by atoms with E-state index in [0.29, 0.717) is 11.1 Å². The summed E-state index contributed by atoms with van der Waals surface area (Å²) in [6, 6.07) is 10.3. The molecule has 29 heavy (non-hydrogen) atoms. The maximum atomic E-state index is 13.2. The second kappa shape index (κ2) is 7.54. The van der Waals surface area contributed by atoms with Gasteiger partial charge in [-0.05, 0) is 42.7 Å². The molecule has 2 aliphatic rings. The van der Waals surface area contributed by atoms with Gasteiger partial charge in [-0.3, -0.25) is 14.5 Å². The Labute approximate surface area is 166 Å². The number of rotatable bonds is 3. The first kappa shape index (κ1) is 19.5. The van der Waals surface area contributed by atoms with Gasteiger partial charge >= 0.3 is 6.18 Å². The predicted octanol–water partition coefficient (Wildman–Crippen LogP) is 4.86. The van der Waals surface area contributed by atoms with E-state index in [9.17, 15) is 22.8 Å². The van der Waals surface area contributed by atoms with Crippen molar-refractivity contribution >= 4 is 17.5 Å². The first-order valence-corrected chi connectivity index (χ1v) is 9.76. The Morgan fingerprint density at radius 1 is 1.00 bits per heavy atom. The van der Waals surface area contributed by atoms with E-state index in [-0.39, 0.29) is 17.6 Å². The minimum atomic E-state index is -4.54. The highest BCUT2D eigenvalue weighted by Gasteiger charge is 2.43.